The second-order valence-electron chi connectivity index (χ2n) is 3.59. The van der Waals surface area contributed by atoms with Gasteiger partial charge in [-0.05, 0) is 13.0 Å². The molecule has 0 saturated heterocycles. The van der Waals surface area contributed by atoms with Gasteiger partial charge in [0.1, 0.15) is 5.82 Å². The van der Waals surface area contributed by atoms with Crippen LogP contribution >= 0.6 is 0 Å². The van der Waals surface area contributed by atoms with Gasteiger partial charge in [0.25, 0.3) is 0 Å². The Kier molecular flexibility index (Phi) is 4.65. The van der Waals surface area contributed by atoms with Crippen LogP contribution in [0.5, 0.6) is 0 Å². The van der Waals surface area contributed by atoms with Crippen molar-refractivity contribution in [3.05, 3.63) is 18.2 Å². The third-order valence-corrected chi connectivity index (χ3v) is 2.42. The van der Waals surface area contributed by atoms with Gasteiger partial charge in [0.15, 0.2) is 5.92 Å². The fourth-order valence-corrected chi connectivity index (χ4v) is 1.52. The molecule has 1 rings (SSSR count). The zero-order valence-corrected chi connectivity index (χ0v) is 9.24. The minimum Gasteiger partial charge on any atom is -0.481 e. The molecule has 1 aromatic rings. The fraction of sp³-hybridized carbons (Fsp3) is 0.500. The Morgan fingerprint density at radius 1 is 1.41 bits per heavy atom. The monoisotopic (exact) mass is 241 g/mol. The number of hydrogen-bond acceptors (Lipinski definition) is 4. The van der Waals surface area contributed by atoms with Crippen LogP contribution < -0.4 is 5.73 Å². The number of nitrogens with two attached hydrogens (primary N) is 1. The van der Waals surface area contributed by atoms with Gasteiger partial charge in [-0.15, -0.1) is 0 Å². The van der Waals surface area contributed by atoms with Gasteiger partial charge in [0, 0.05) is 25.4 Å². The van der Waals surface area contributed by atoms with Crippen molar-refractivity contribution in [3.63, 3.8) is 0 Å². The first-order valence-corrected chi connectivity index (χ1v) is 5.22. The van der Waals surface area contributed by atoms with Gasteiger partial charge in [-0.1, -0.05) is 0 Å². The van der Waals surface area contributed by atoms with Crippen LogP contribution in [-0.2, 0) is 22.6 Å². The number of imidazole rings is 1. The minimum atomic E-state index is -1.39. The summed E-state index contributed by atoms with van der Waals surface area (Å²) in [5.74, 6) is -3.29. The number of aromatic nitrogens is 2. The van der Waals surface area contributed by atoms with Crippen molar-refractivity contribution >= 4 is 11.9 Å². The van der Waals surface area contributed by atoms with Gasteiger partial charge >= 0.3 is 11.9 Å². The van der Waals surface area contributed by atoms with Crippen molar-refractivity contribution in [3.8, 4) is 0 Å². The van der Waals surface area contributed by atoms with Crippen molar-refractivity contribution in [2.24, 2.45) is 11.7 Å². The van der Waals surface area contributed by atoms with E-state index in [2.05, 4.69) is 4.98 Å². The molecule has 0 saturated carbocycles. The lowest BCUT2D eigenvalue weighted by Gasteiger charge is -2.10. The molecule has 0 bridgehead atoms. The molecule has 0 radical (unpaired) electrons. The largest absolute Gasteiger partial charge is 0.481 e. The number of aryl methyl sites for hydroxylation is 1. The molecule has 1 aromatic heterocycles. The molecule has 0 atom stereocenters. The predicted molar refractivity (Wildman–Crippen MR) is 58.4 cm³/mol. The first-order chi connectivity index (χ1) is 8.06. The van der Waals surface area contributed by atoms with E-state index in [1.54, 1.807) is 17.0 Å². The molecule has 0 spiro atoms. The third-order valence-electron chi connectivity index (χ3n) is 2.42. The van der Waals surface area contributed by atoms with Crippen molar-refractivity contribution in [1.29, 1.82) is 0 Å². The highest BCUT2D eigenvalue weighted by atomic mass is 16.4. The number of aliphatic carboxylic acids is 2. The van der Waals surface area contributed by atoms with Gasteiger partial charge in [-0.3, -0.25) is 9.59 Å². The van der Waals surface area contributed by atoms with Gasteiger partial charge in [-0.2, -0.15) is 0 Å². The van der Waals surface area contributed by atoms with E-state index in [4.69, 9.17) is 15.9 Å². The molecule has 0 aliphatic heterocycles. The van der Waals surface area contributed by atoms with Crippen LogP contribution in [0.25, 0.3) is 0 Å². The predicted octanol–water partition coefficient (Wildman–Crippen LogP) is -0.440. The quantitative estimate of drug-likeness (QED) is 0.557. The summed E-state index contributed by atoms with van der Waals surface area (Å²) in [5, 5.41) is 17.4. The van der Waals surface area contributed by atoms with E-state index in [1.807, 2.05) is 0 Å². The maximum Gasteiger partial charge on any atom is 0.317 e. The maximum absolute atomic E-state index is 10.7. The summed E-state index contributed by atoms with van der Waals surface area (Å²) in [6, 6.07) is 0. The van der Waals surface area contributed by atoms with Crippen LogP contribution in [0.2, 0.25) is 0 Å². The van der Waals surface area contributed by atoms with E-state index in [0.717, 1.165) is 5.82 Å². The van der Waals surface area contributed by atoms with Gasteiger partial charge < -0.3 is 20.5 Å². The zero-order valence-electron chi connectivity index (χ0n) is 9.24. The highest BCUT2D eigenvalue weighted by molar-refractivity contribution is 5.92. The Labute approximate surface area is 97.9 Å². The van der Waals surface area contributed by atoms with Crippen LogP contribution in [0, 0.1) is 5.92 Å². The molecule has 0 fully saturated rings. The summed E-state index contributed by atoms with van der Waals surface area (Å²) in [4.78, 5) is 25.4. The van der Waals surface area contributed by atoms with Crippen molar-refractivity contribution < 1.29 is 19.8 Å². The molecule has 0 aromatic carbocycles. The average Bonchev–Trinajstić information content (AvgIpc) is 2.65. The normalized spacial score (nSPS) is 10.7. The Morgan fingerprint density at radius 2 is 2.06 bits per heavy atom. The summed E-state index contributed by atoms with van der Waals surface area (Å²) in [5.41, 5.74) is 5.40. The highest BCUT2D eigenvalue weighted by Gasteiger charge is 2.25. The van der Waals surface area contributed by atoms with Crippen LogP contribution in [0.3, 0.4) is 0 Å². The van der Waals surface area contributed by atoms with Crippen LogP contribution in [0.15, 0.2) is 12.4 Å². The number of carbonyl (C=O) groups is 2. The maximum atomic E-state index is 10.7. The number of carboxylic acids is 2. The van der Waals surface area contributed by atoms with Crippen molar-refractivity contribution in [2.45, 2.75) is 19.4 Å². The highest BCUT2D eigenvalue weighted by Crippen LogP contribution is 2.08. The number of carboxylic acid groups (broad SMARTS) is 2. The zero-order chi connectivity index (χ0) is 12.8. The lowest BCUT2D eigenvalue weighted by atomic mass is 10.1. The summed E-state index contributed by atoms with van der Waals surface area (Å²) >= 11 is 0. The standard InChI is InChI=1S/C10H15N3O4/c11-3-1-8-12-4-6-13(8)5-2-7(9(14)15)10(16)17/h4,6-7H,1-3,5,11H2,(H,14,15)(H,16,17). The van der Waals surface area contributed by atoms with Crippen LogP contribution in [0.1, 0.15) is 12.2 Å². The Morgan fingerprint density at radius 3 is 2.59 bits per heavy atom. The lowest BCUT2D eigenvalue weighted by molar-refractivity contribution is -0.154. The molecule has 7 nitrogen and oxygen atoms in total. The Hall–Kier alpha value is -1.89. The van der Waals surface area contributed by atoms with E-state index in [-0.39, 0.29) is 6.42 Å². The lowest BCUT2D eigenvalue weighted by Crippen LogP contribution is -2.25. The number of rotatable bonds is 7. The fourth-order valence-electron chi connectivity index (χ4n) is 1.52. The van der Waals surface area contributed by atoms with Gasteiger partial charge in [-0.25, -0.2) is 4.98 Å². The molecule has 4 N–H and O–H groups in total. The first kappa shape index (κ1) is 13.2. The molecule has 17 heavy (non-hydrogen) atoms. The minimum absolute atomic E-state index is 0.0264. The van der Waals surface area contributed by atoms with Crippen LogP contribution in [0.4, 0.5) is 0 Å². The molecular weight excluding hydrogens is 226 g/mol. The van der Waals surface area contributed by atoms with E-state index in [9.17, 15) is 9.59 Å². The molecule has 0 aliphatic carbocycles. The van der Waals surface area contributed by atoms with Crippen molar-refractivity contribution in [2.75, 3.05) is 6.54 Å². The smallest absolute Gasteiger partial charge is 0.317 e. The Balaban J connectivity index is 2.62. The van der Waals surface area contributed by atoms with Gasteiger partial charge in [0.05, 0.1) is 0 Å². The first-order valence-electron chi connectivity index (χ1n) is 5.22. The molecule has 94 valence electrons. The average molecular weight is 241 g/mol. The van der Waals surface area contributed by atoms with E-state index in [1.165, 1.54) is 0 Å². The van der Waals surface area contributed by atoms with Gasteiger partial charge in [0.2, 0.25) is 0 Å². The second-order valence-corrected chi connectivity index (χ2v) is 3.59. The topological polar surface area (TPSA) is 118 Å². The van der Waals surface area contributed by atoms with E-state index >= 15 is 0 Å². The molecule has 0 amide bonds. The summed E-state index contributed by atoms with van der Waals surface area (Å²) in [7, 11) is 0. The molecular formula is C10H15N3O4. The SMILES string of the molecule is NCCc1nccn1CCC(C(=O)O)C(=O)O. The molecule has 0 aliphatic rings. The second kappa shape index (κ2) is 6.00. The van der Waals surface area contributed by atoms with E-state index in [0.29, 0.717) is 19.5 Å². The summed E-state index contributed by atoms with van der Waals surface area (Å²) in [6.45, 7) is 0.747. The molecule has 7 heteroatoms. The molecule has 0 unspecified atom stereocenters. The number of hydrogen-bond donors (Lipinski definition) is 3. The van der Waals surface area contributed by atoms with Crippen molar-refractivity contribution in [1.82, 2.24) is 9.55 Å². The third kappa shape index (κ3) is 3.56. The van der Waals surface area contributed by atoms with Crippen LogP contribution in [-0.4, -0.2) is 38.2 Å². The van der Waals surface area contributed by atoms with E-state index < -0.39 is 17.9 Å². The number of nitrogens with zero attached hydrogens (tertiary/aromatic N) is 2. The Bertz CT molecular complexity index is 388. The summed E-state index contributed by atoms with van der Waals surface area (Å²) in [6.07, 6.45) is 3.88. The summed E-state index contributed by atoms with van der Waals surface area (Å²) < 4.78 is 1.73. The molecule has 1 heterocycles.